The van der Waals surface area contributed by atoms with Crippen LogP contribution in [0.4, 0.5) is 5.82 Å². The Morgan fingerprint density at radius 2 is 1.92 bits per heavy atom. The highest BCUT2D eigenvalue weighted by Gasteiger charge is 2.24. The normalized spacial score (nSPS) is 11.3. The number of fused-ring (bicyclic) bond motifs is 3. The number of nitrogens with two attached hydrogens (primary N) is 2. The zero-order valence-corrected chi connectivity index (χ0v) is 14.8. The number of primary amides is 1. The van der Waals surface area contributed by atoms with Crippen LogP contribution >= 0.6 is 0 Å². The number of aromatic nitrogens is 3. The van der Waals surface area contributed by atoms with Gasteiger partial charge in [0.1, 0.15) is 17.2 Å². The van der Waals surface area contributed by atoms with Crippen LogP contribution in [0, 0.1) is 13.8 Å². The summed E-state index contributed by atoms with van der Waals surface area (Å²) in [5, 5.41) is 5.07. The maximum absolute atomic E-state index is 12.1. The van der Waals surface area contributed by atoms with E-state index in [9.17, 15) is 4.79 Å². The number of rotatable bonds is 3. The highest BCUT2D eigenvalue weighted by atomic mass is 16.5. The van der Waals surface area contributed by atoms with Gasteiger partial charge in [-0.1, -0.05) is 6.07 Å². The van der Waals surface area contributed by atoms with Gasteiger partial charge in [0.25, 0.3) is 5.91 Å². The Labute approximate surface area is 149 Å². The monoisotopic (exact) mass is 349 g/mol. The summed E-state index contributed by atoms with van der Waals surface area (Å²) < 4.78 is 9.07. The minimum atomic E-state index is -0.573. The summed E-state index contributed by atoms with van der Waals surface area (Å²) in [6.07, 6.45) is 1.71. The second-order valence-electron chi connectivity index (χ2n) is 6.26. The SMILES string of the molecule is COc1ccc(C)c(-n2c(N)c(C(N)=O)c3ccc4ccnn4c32)c1C. The van der Waals surface area contributed by atoms with Crippen LogP contribution in [0.3, 0.4) is 0 Å². The van der Waals surface area contributed by atoms with Gasteiger partial charge in [-0.3, -0.25) is 9.36 Å². The fourth-order valence-corrected chi connectivity index (χ4v) is 3.62. The smallest absolute Gasteiger partial charge is 0.253 e. The number of methoxy groups -OCH3 is 1. The molecule has 0 radical (unpaired) electrons. The van der Waals surface area contributed by atoms with Gasteiger partial charge in [0, 0.05) is 10.9 Å². The number of ether oxygens (including phenoxy) is 1. The Morgan fingerprint density at radius 3 is 2.62 bits per heavy atom. The van der Waals surface area contributed by atoms with Gasteiger partial charge in [0.15, 0.2) is 0 Å². The Morgan fingerprint density at radius 1 is 1.15 bits per heavy atom. The van der Waals surface area contributed by atoms with E-state index in [1.165, 1.54) is 0 Å². The molecule has 4 aromatic rings. The number of nitrogens with zero attached hydrogens (tertiary/aromatic N) is 3. The van der Waals surface area contributed by atoms with E-state index in [4.69, 9.17) is 16.2 Å². The third-order valence-corrected chi connectivity index (χ3v) is 4.79. The molecule has 0 saturated heterocycles. The molecular weight excluding hydrogens is 330 g/mol. The molecule has 4 N–H and O–H groups in total. The lowest BCUT2D eigenvalue weighted by Gasteiger charge is -2.17. The van der Waals surface area contributed by atoms with Crippen LogP contribution < -0.4 is 16.2 Å². The van der Waals surface area contributed by atoms with E-state index in [0.717, 1.165) is 28.1 Å². The molecule has 1 amide bonds. The first-order valence-electron chi connectivity index (χ1n) is 8.16. The molecule has 0 spiro atoms. The Hall–Kier alpha value is -3.48. The zero-order valence-electron chi connectivity index (χ0n) is 14.8. The van der Waals surface area contributed by atoms with Crippen molar-refractivity contribution in [3.05, 3.63) is 53.2 Å². The van der Waals surface area contributed by atoms with Gasteiger partial charge in [0.05, 0.1) is 30.1 Å². The predicted molar refractivity (Wildman–Crippen MR) is 101 cm³/mol. The number of aryl methyl sites for hydroxylation is 1. The fraction of sp³-hybridized carbons (Fsp3) is 0.158. The van der Waals surface area contributed by atoms with Crippen molar-refractivity contribution in [3.63, 3.8) is 0 Å². The van der Waals surface area contributed by atoms with Crippen LogP contribution in [-0.2, 0) is 0 Å². The standard InChI is InChI=1S/C19H19N5O2/c1-10-4-7-14(26-3)11(2)16(10)23-17(20)15(18(21)25)13-6-5-12-8-9-22-24(12)19(13)23/h4-9H,20H2,1-3H3,(H2,21,25). The van der Waals surface area contributed by atoms with Crippen molar-refractivity contribution in [1.82, 2.24) is 14.2 Å². The highest BCUT2D eigenvalue weighted by molar-refractivity contribution is 6.11. The van der Waals surface area contributed by atoms with Crippen molar-refractivity contribution in [2.24, 2.45) is 5.73 Å². The topological polar surface area (TPSA) is 101 Å². The van der Waals surface area contributed by atoms with E-state index in [1.807, 2.05) is 48.7 Å². The van der Waals surface area contributed by atoms with Crippen molar-refractivity contribution in [2.75, 3.05) is 12.8 Å². The first kappa shape index (κ1) is 16.0. The average molecular weight is 349 g/mol. The Bertz CT molecular complexity index is 1190. The van der Waals surface area contributed by atoms with E-state index in [1.54, 1.807) is 17.8 Å². The van der Waals surface area contributed by atoms with Crippen molar-refractivity contribution < 1.29 is 9.53 Å². The molecule has 4 rings (SSSR count). The Balaban J connectivity index is 2.26. The molecule has 132 valence electrons. The minimum Gasteiger partial charge on any atom is -0.496 e. The Kier molecular flexibility index (Phi) is 3.40. The maximum Gasteiger partial charge on any atom is 0.253 e. The molecule has 1 aromatic carbocycles. The van der Waals surface area contributed by atoms with E-state index >= 15 is 0 Å². The van der Waals surface area contributed by atoms with Crippen molar-refractivity contribution in [1.29, 1.82) is 0 Å². The van der Waals surface area contributed by atoms with Gasteiger partial charge in [-0.25, -0.2) is 4.52 Å². The van der Waals surface area contributed by atoms with Crippen LogP contribution in [-0.4, -0.2) is 27.2 Å². The number of amides is 1. The van der Waals surface area contributed by atoms with Crippen LogP contribution in [0.15, 0.2) is 36.5 Å². The number of nitrogen functional groups attached to an aromatic ring is 1. The zero-order chi connectivity index (χ0) is 18.6. The lowest BCUT2D eigenvalue weighted by Crippen LogP contribution is -2.14. The van der Waals surface area contributed by atoms with E-state index in [0.29, 0.717) is 16.6 Å². The summed E-state index contributed by atoms with van der Waals surface area (Å²) >= 11 is 0. The predicted octanol–water partition coefficient (Wildman–Crippen LogP) is 2.58. The number of benzene rings is 1. The maximum atomic E-state index is 12.1. The molecule has 3 heterocycles. The molecule has 0 bridgehead atoms. The molecule has 0 unspecified atom stereocenters. The second kappa shape index (κ2) is 5.52. The van der Waals surface area contributed by atoms with Crippen LogP contribution in [0.5, 0.6) is 5.75 Å². The molecule has 7 nitrogen and oxygen atoms in total. The van der Waals surface area contributed by atoms with Crippen LogP contribution in [0.2, 0.25) is 0 Å². The third kappa shape index (κ3) is 2.00. The first-order chi connectivity index (χ1) is 12.5. The molecule has 3 aromatic heterocycles. The second-order valence-corrected chi connectivity index (χ2v) is 6.26. The molecule has 7 heteroatoms. The summed E-state index contributed by atoms with van der Waals surface area (Å²) in [4.78, 5) is 12.1. The quantitative estimate of drug-likeness (QED) is 0.593. The molecular formula is C19H19N5O2. The minimum absolute atomic E-state index is 0.287. The van der Waals surface area contributed by atoms with Gasteiger partial charge in [-0.15, -0.1) is 0 Å². The van der Waals surface area contributed by atoms with Gasteiger partial charge >= 0.3 is 0 Å². The number of hydrogen-bond acceptors (Lipinski definition) is 4. The summed E-state index contributed by atoms with van der Waals surface area (Å²) in [5.41, 5.74) is 16.7. The average Bonchev–Trinajstić information content (AvgIpc) is 3.17. The number of carbonyl (C=O) groups is 1. The van der Waals surface area contributed by atoms with Crippen LogP contribution in [0.25, 0.3) is 22.2 Å². The van der Waals surface area contributed by atoms with Gasteiger partial charge in [-0.05, 0) is 43.7 Å². The van der Waals surface area contributed by atoms with Crippen molar-refractivity contribution in [3.8, 4) is 11.4 Å². The highest BCUT2D eigenvalue weighted by Crippen LogP contribution is 2.36. The number of anilines is 1. The number of hydrogen-bond donors (Lipinski definition) is 2. The first-order valence-corrected chi connectivity index (χ1v) is 8.16. The van der Waals surface area contributed by atoms with E-state index in [-0.39, 0.29) is 5.82 Å². The summed E-state index contributed by atoms with van der Waals surface area (Å²) in [6, 6.07) is 9.50. The molecule has 0 fully saturated rings. The number of carbonyl (C=O) groups excluding carboxylic acids is 1. The van der Waals surface area contributed by atoms with Crippen molar-refractivity contribution >= 4 is 28.3 Å². The molecule has 26 heavy (non-hydrogen) atoms. The summed E-state index contributed by atoms with van der Waals surface area (Å²) in [5.74, 6) is 0.450. The summed E-state index contributed by atoms with van der Waals surface area (Å²) in [6.45, 7) is 3.94. The molecule has 0 atom stereocenters. The largest absolute Gasteiger partial charge is 0.496 e. The molecule has 0 aliphatic heterocycles. The third-order valence-electron chi connectivity index (χ3n) is 4.79. The van der Waals surface area contributed by atoms with Crippen LogP contribution in [0.1, 0.15) is 21.5 Å². The van der Waals surface area contributed by atoms with Gasteiger partial charge in [-0.2, -0.15) is 5.10 Å². The fourth-order valence-electron chi connectivity index (χ4n) is 3.62. The summed E-state index contributed by atoms with van der Waals surface area (Å²) in [7, 11) is 1.62. The van der Waals surface area contributed by atoms with Gasteiger partial charge < -0.3 is 16.2 Å². The molecule has 0 saturated carbocycles. The van der Waals surface area contributed by atoms with E-state index in [2.05, 4.69) is 5.10 Å². The van der Waals surface area contributed by atoms with E-state index < -0.39 is 5.91 Å². The molecule has 0 aliphatic carbocycles. The van der Waals surface area contributed by atoms with Crippen molar-refractivity contribution in [2.45, 2.75) is 13.8 Å². The number of pyridine rings is 1. The van der Waals surface area contributed by atoms with Gasteiger partial charge in [0.2, 0.25) is 0 Å². The lowest BCUT2D eigenvalue weighted by atomic mass is 10.1. The molecule has 0 aliphatic rings. The lowest BCUT2D eigenvalue weighted by molar-refractivity contribution is 0.100.